The van der Waals surface area contributed by atoms with E-state index in [1.165, 1.54) is 5.56 Å². The molecule has 2 rings (SSSR count). The molecule has 2 aromatic rings. The molecule has 0 atom stereocenters. The van der Waals surface area contributed by atoms with Gasteiger partial charge in [-0.15, -0.1) is 5.10 Å². The zero-order valence-electron chi connectivity index (χ0n) is 13.0. The van der Waals surface area contributed by atoms with E-state index in [-0.39, 0.29) is 17.1 Å². The van der Waals surface area contributed by atoms with Crippen LogP contribution in [0.15, 0.2) is 24.3 Å². The highest BCUT2D eigenvalue weighted by Gasteiger charge is 2.21. The molecule has 1 aromatic heterocycles. The van der Waals surface area contributed by atoms with Crippen LogP contribution in [0, 0.1) is 0 Å². The molecule has 0 saturated carbocycles. The minimum atomic E-state index is -0.257. The second-order valence-corrected chi connectivity index (χ2v) is 6.06. The molecular formula is C16H22N4O. The normalized spacial score (nSPS) is 11.4. The number of amides is 1. The average molecular weight is 286 g/mol. The van der Waals surface area contributed by atoms with Crippen LogP contribution < -0.4 is 5.32 Å². The van der Waals surface area contributed by atoms with Gasteiger partial charge in [0.1, 0.15) is 5.82 Å². The van der Waals surface area contributed by atoms with Gasteiger partial charge in [-0.1, -0.05) is 52.0 Å². The predicted octanol–water partition coefficient (Wildman–Crippen LogP) is 2.59. The lowest BCUT2D eigenvalue weighted by atomic mass is 9.96. The number of benzene rings is 1. The Morgan fingerprint density at radius 1 is 1.24 bits per heavy atom. The highest BCUT2D eigenvalue weighted by Crippen LogP contribution is 2.17. The smallest absolute Gasteiger partial charge is 0.291 e. The Labute approximate surface area is 125 Å². The quantitative estimate of drug-likeness (QED) is 0.907. The molecule has 0 aliphatic carbocycles. The first-order valence-corrected chi connectivity index (χ1v) is 7.19. The van der Waals surface area contributed by atoms with E-state index < -0.39 is 0 Å². The van der Waals surface area contributed by atoms with Crippen molar-refractivity contribution in [1.82, 2.24) is 20.5 Å². The molecule has 0 saturated heterocycles. The van der Waals surface area contributed by atoms with Crippen molar-refractivity contribution in [3.63, 3.8) is 0 Å². The van der Waals surface area contributed by atoms with Gasteiger partial charge in [0.15, 0.2) is 0 Å². The maximum atomic E-state index is 12.1. The number of rotatable bonds is 4. The molecule has 0 aliphatic rings. The monoisotopic (exact) mass is 286 g/mol. The SMILES string of the molecule is CCc1ccccc1CNC(=O)c1n[nH]c(C(C)(C)C)n1. The molecular weight excluding hydrogens is 264 g/mol. The molecule has 5 heteroatoms. The molecule has 2 N–H and O–H groups in total. The fourth-order valence-electron chi connectivity index (χ4n) is 2.03. The third-order valence-corrected chi connectivity index (χ3v) is 3.34. The van der Waals surface area contributed by atoms with Crippen molar-refractivity contribution in [2.24, 2.45) is 0 Å². The fraction of sp³-hybridized carbons (Fsp3) is 0.438. The number of carbonyl (C=O) groups excluding carboxylic acids is 1. The minimum absolute atomic E-state index is 0.152. The lowest BCUT2D eigenvalue weighted by Crippen LogP contribution is -2.24. The second-order valence-electron chi connectivity index (χ2n) is 6.06. The number of hydrogen-bond acceptors (Lipinski definition) is 3. The molecule has 0 spiro atoms. The van der Waals surface area contributed by atoms with E-state index in [1.807, 2.05) is 39.0 Å². The predicted molar refractivity (Wildman–Crippen MR) is 82.1 cm³/mol. The summed E-state index contributed by atoms with van der Waals surface area (Å²) in [5.74, 6) is 0.642. The summed E-state index contributed by atoms with van der Waals surface area (Å²) in [5, 5.41) is 9.69. The van der Waals surface area contributed by atoms with Crippen LogP contribution in [-0.2, 0) is 18.4 Å². The molecule has 112 valence electrons. The molecule has 1 heterocycles. The van der Waals surface area contributed by atoms with E-state index >= 15 is 0 Å². The van der Waals surface area contributed by atoms with E-state index in [2.05, 4.69) is 33.5 Å². The molecule has 0 radical (unpaired) electrons. The van der Waals surface area contributed by atoms with E-state index in [0.717, 1.165) is 12.0 Å². The van der Waals surface area contributed by atoms with Crippen LogP contribution in [0.2, 0.25) is 0 Å². The Balaban J connectivity index is 2.03. The second kappa shape index (κ2) is 6.08. The van der Waals surface area contributed by atoms with E-state index in [0.29, 0.717) is 12.4 Å². The van der Waals surface area contributed by atoms with Gasteiger partial charge in [-0.2, -0.15) is 0 Å². The van der Waals surface area contributed by atoms with E-state index in [4.69, 9.17) is 0 Å². The van der Waals surface area contributed by atoms with Gasteiger partial charge >= 0.3 is 0 Å². The summed E-state index contributed by atoms with van der Waals surface area (Å²) in [7, 11) is 0. The lowest BCUT2D eigenvalue weighted by Gasteiger charge is -2.12. The zero-order chi connectivity index (χ0) is 15.5. The standard InChI is InChI=1S/C16H22N4O/c1-5-11-8-6-7-9-12(11)10-17-14(21)13-18-15(20-19-13)16(2,3)4/h6-9H,5,10H2,1-4H3,(H,17,21)(H,18,19,20). The number of H-pyrrole nitrogens is 1. The van der Waals surface area contributed by atoms with E-state index in [1.54, 1.807) is 0 Å². The first kappa shape index (κ1) is 15.2. The third kappa shape index (κ3) is 3.68. The van der Waals surface area contributed by atoms with Crippen molar-refractivity contribution in [3.8, 4) is 0 Å². The molecule has 1 amide bonds. The van der Waals surface area contributed by atoms with Crippen LogP contribution in [0.25, 0.3) is 0 Å². The summed E-state index contributed by atoms with van der Waals surface area (Å²) in [6, 6.07) is 8.09. The number of nitrogens with zero attached hydrogens (tertiary/aromatic N) is 2. The third-order valence-electron chi connectivity index (χ3n) is 3.34. The molecule has 0 aliphatic heterocycles. The topological polar surface area (TPSA) is 70.7 Å². The summed E-state index contributed by atoms with van der Waals surface area (Å²) in [6.45, 7) is 8.65. The van der Waals surface area contributed by atoms with Crippen LogP contribution in [0.3, 0.4) is 0 Å². The van der Waals surface area contributed by atoms with Crippen molar-refractivity contribution < 1.29 is 4.79 Å². The van der Waals surface area contributed by atoms with E-state index in [9.17, 15) is 4.79 Å². The van der Waals surface area contributed by atoms with Gasteiger partial charge in [-0.05, 0) is 17.5 Å². The first-order valence-electron chi connectivity index (χ1n) is 7.19. The summed E-state index contributed by atoms with van der Waals surface area (Å²) < 4.78 is 0. The number of carbonyl (C=O) groups is 1. The number of hydrogen-bond donors (Lipinski definition) is 2. The molecule has 5 nitrogen and oxygen atoms in total. The van der Waals surface area contributed by atoms with Gasteiger partial charge < -0.3 is 5.32 Å². The maximum absolute atomic E-state index is 12.1. The largest absolute Gasteiger partial charge is 0.345 e. The van der Waals surface area contributed by atoms with Gasteiger partial charge in [-0.3, -0.25) is 9.89 Å². The first-order chi connectivity index (χ1) is 9.91. The van der Waals surface area contributed by atoms with Crippen molar-refractivity contribution in [1.29, 1.82) is 0 Å². The fourth-order valence-corrected chi connectivity index (χ4v) is 2.03. The van der Waals surface area contributed by atoms with Gasteiger partial charge in [0.05, 0.1) is 0 Å². The Kier molecular flexibility index (Phi) is 4.40. The minimum Gasteiger partial charge on any atom is -0.345 e. The van der Waals surface area contributed by atoms with Crippen LogP contribution in [0.4, 0.5) is 0 Å². The van der Waals surface area contributed by atoms with Crippen molar-refractivity contribution >= 4 is 5.91 Å². The molecule has 1 aromatic carbocycles. The zero-order valence-corrected chi connectivity index (χ0v) is 13.0. The Hall–Kier alpha value is -2.17. The Morgan fingerprint density at radius 3 is 2.48 bits per heavy atom. The summed E-state index contributed by atoms with van der Waals surface area (Å²) in [6.07, 6.45) is 0.945. The van der Waals surface area contributed by atoms with Crippen molar-refractivity contribution in [2.45, 2.75) is 46.1 Å². The summed E-state index contributed by atoms with van der Waals surface area (Å²) in [5.41, 5.74) is 2.21. The molecule has 0 bridgehead atoms. The van der Waals surface area contributed by atoms with Gasteiger partial charge in [0, 0.05) is 12.0 Å². The molecule has 21 heavy (non-hydrogen) atoms. The maximum Gasteiger partial charge on any atom is 0.291 e. The lowest BCUT2D eigenvalue weighted by molar-refractivity contribution is 0.0940. The number of nitrogens with one attached hydrogen (secondary N) is 2. The van der Waals surface area contributed by atoms with Gasteiger partial charge in [0.2, 0.25) is 5.82 Å². The number of aromatic nitrogens is 3. The Bertz CT molecular complexity index is 625. The van der Waals surface area contributed by atoms with Gasteiger partial charge in [0.25, 0.3) is 5.91 Å². The van der Waals surface area contributed by atoms with Crippen LogP contribution >= 0.6 is 0 Å². The number of aryl methyl sites for hydroxylation is 1. The summed E-state index contributed by atoms with van der Waals surface area (Å²) in [4.78, 5) is 16.4. The highest BCUT2D eigenvalue weighted by molar-refractivity contribution is 5.90. The number of aromatic amines is 1. The van der Waals surface area contributed by atoms with Crippen LogP contribution in [0.5, 0.6) is 0 Å². The molecule has 0 fully saturated rings. The molecule has 0 unspecified atom stereocenters. The van der Waals surface area contributed by atoms with Crippen molar-refractivity contribution in [2.75, 3.05) is 0 Å². The average Bonchev–Trinajstić information content (AvgIpc) is 2.95. The highest BCUT2D eigenvalue weighted by atomic mass is 16.2. The van der Waals surface area contributed by atoms with Crippen LogP contribution in [-0.4, -0.2) is 21.1 Å². The van der Waals surface area contributed by atoms with Crippen LogP contribution in [0.1, 0.15) is 55.3 Å². The van der Waals surface area contributed by atoms with Crippen molar-refractivity contribution in [3.05, 3.63) is 47.0 Å². The summed E-state index contributed by atoms with van der Waals surface area (Å²) >= 11 is 0. The Morgan fingerprint density at radius 2 is 1.90 bits per heavy atom. The van der Waals surface area contributed by atoms with Gasteiger partial charge in [-0.25, -0.2) is 4.98 Å².